The molecular formula is C28H54O14. The highest BCUT2D eigenvalue weighted by molar-refractivity contribution is 4.94. The van der Waals surface area contributed by atoms with Crippen LogP contribution in [-0.2, 0) is 33.2 Å². The van der Waals surface area contributed by atoms with E-state index in [2.05, 4.69) is 6.92 Å². The Morgan fingerprint density at radius 2 is 1.00 bits per heavy atom. The summed E-state index contributed by atoms with van der Waals surface area (Å²) >= 11 is 0. The maximum absolute atomic E-state index is 10.6. The summed E-state index contributed by atoms with van der Waals surface area (Å²) < 4.78 is 38.3. The fourth-order valence-electron chi connectivity index (χ4n) is 4.80. The molecule has 2 rings (SSSR count). The van der Waals surface area contributed by atoms with E-state index in [0.29, 0.717) is 26.4 Å². The van der Waals surface area contributed by atoms with Gasteiger partial charge in [0.2, 0.25) is 0 Å². The standard InChI is InChI=1S/C28H54O14/c1-2-3-4-5-6-7-8-9-10-36-11-12-37-13-14-38-15-16-39-27-25(35)23(33)26(20(18-30)41-27)42-28-24(34)22(32)21(31)19(17-29)40-28/h19-35H,2-18H2,1H3/t19-,20-,21+,22+,23-,24-,25-,26-,27+,28+/m1/s1. The first-order chi connectivity index (χ1) is 20.3. The Balaban J connectivity index is 1.54. The minimum Gasteiger partial charge on any atom is -0.394 e. The minimum absolute atomic E-state index is 0.0204. The highest BCUT2D eigenvalue weighted by Crippen LogP contribution is 2.29. The quantitative estimate of drug-likeness (QED) is 0.0677. The maximum Gasteiger partial charge on any atom is 0.187 e. The molecule has 0 aromatic carbocycles. The summed E-state index contributed by atoms with van der Waals surface area (Å²) in [6.07, 6.45) is -4.81. The first-order valence-electron chi connectivity index (χ1n) is 15.3. The molecule has 14 nitrogen and oxygen atoms in total. The molecule has 0 aromatic rings. The highest BCUT2D eigenvalue weighted by Gasteiger charge is 2.50. The van der Waals surface area contributed by atoms with E-state index in [1.54, 1.807) is 0 Å². The summed E-state index contributed by atoms with van der Waals surface area (Å²) in [5, 5.41) is 70.3. The van der Waals surface area contributed by atoms with Gasteiger partial charge in [-0.3, -0.25) is 0 Å². The summed E-state index contributed by atoms with van der Waals surface area (Å²) in [6.45, 7) is 3.56. The van der Waals surface area contributed by atoms with E-state index in [4.69, 9.17) is 33.2 Å². The first kappa shape index (κ1) is 37.6. The Kier molecular flexibility index (Phi) is 19.7. The van der Waals surface area contributed by atoms with E-state index in [0.717, 1.165) is 13.0 Å². The van der Waals surface area contributed by atoms with Gasteiger partial charge in [-0.15, -0.1) is 0 Å². The first-order valence-corrected chi connectivity index (χ1v) is 15.3. The van der Waals surface area contributed by atoms with E-state index < -0.39 is 74.6 Å². The number of unbranched alkanes of at least 4 members (excludes halogenated alkanes) is 7. The van der Waals surface area contributed by atoms with Gasteiger partial charge >= 0.3 is 0 Å². The Hall–Kier alpha value is -0.560. The van der Waals surface area contributed by atoms with Gasteiger partial charge in [0.05, 0.1) is 52.9 Å². The molecule has 0 bridgehead atoms. The predicted octanol–water partition coefficient (Wildman–Crippen LogP) is -1.18. The van der Waals surface area contributed by atoms with Crippen molar-refractivity contribution in [2.45, 2.75) is 120 Å². The van der Waals surface area contributed by atoms with Crippen LogP contribution < -0.4 is 0 Å². The lowest BCUT2D eigenvalue weighted by atomic mass is 9.97. The summed E-state index contributed by atoms with van der Waals surface area (Å²) in [5.41, 5.74) is 0. The molecule has 14 heteroatoms. The van der Waals surface area contributed by atoms with Crippen LogP contribution in [0.4, 0.5) is 0 Å². The normalized spacial score (nSPS) is 33.7. The van der Waals surface area contributed by atoms with Crippen LogP contribution in [0.3, 0.4) is 0 Å². The van der Waals surface area contributed by atoms with Crippen LogP contribution in [0.5, 0.6) is 0 Å². The Morgan fingerprint density at radius 3 is 1.60 bits per heavy atom. The number of aliphatic hydroxyl groups is 7. The van der Waals surface area contributed by atoms with Crippen molar-refractivity contribution in [2.24, 2.45) is 0 Å². The van der Waals surface area contributed by atoms with Crippen molar-refractivity contribution in [1.29, 1.82) is 0 Å². The fraction of sp³-hybridized carbons (Fsp3) is 1.00. The molecule has 2 heterocycles. The van der Waals surface area contributed by atoms with Crippen LogP contribution in [-0.4, -0.2) is 157 Å². The van der Waals surface area contributed by atoms with Crippen molar-refractivity contribution >= 4 is 0 Å². The van der Waals surface area contributed by atoms with Gasteiger partial charge in [-0.1, -0.05) is 51.9 Å². The van der Waals surface area contributed by atoms with Crippen LogP contribution in [0, 0.1) is 0 Å². The molecule has 0 saturated carbocycles. The van der Waals surface area contributed by atoms with E-state index in [-0.39, 0.29) is 13.2 Å². The smallest absolute Gasteiger partial charge is 0.187 e. The Morgan fingerprint density at radius 1 is 0.500 bits per heavy atom. The van der Waals surface area contributed by atoms with Gasteiger partial charge in [-0.25, -0.2) is 0 Å². The molecule has 0 unspecified atom stereocenters. The second kappa shape index (κ2) is 22.0. The molecule has 10 atom stereocenters. The second-order valence-electron chi connectivity index (χ2n) is 10.7. The van der Waals surface area contributed by atoms with Crippen LogP contribution >= 0.6 is 0 Å². The molecule has 0 radical (unpaired) electrons. The Bertz CT molecular complexity index is 656. The largest absolute Gasteiger partial charge is 0.394 e. The van der Waals surface area contributed by atoms with Crippen molar-refractivity contribution < 1.29 is 68.9 Å². The van der Waals surface area contributed by atoms with Crippen molar-refractivity contribution in [3.05, 3.63) is 0 Å². The van der Waals surface area contributed by atoms with Crippen molar-refractivity contribution in [1.82, 2.24) is 0 Å². The van der Waals surface area contributed by atoms with Crippen molar-refractivity contribution in [3.63, 3.8) is 0 Å². The molecule has 0 aromatic heterocycles. The van der Waals surface area contributed by atoms with Crippen molar-refractivity contribution in [3.8, 4) is 0 Å². The predicted molar refractivity (Wildman–Crippen MR) is 147 cm³/mol. The van der Waals surface area contributed by atoms with Crippen LogP contribution in [0.25, 0.3) is 0 Å². The fourth-order valence-corrected chi connectivity index (χ4v) is 4.80. The molecule has 0 amide bonds. The lowest BCUT2D eigenvalue weighted by Gasteiger charge is -2.45. The number of hydrogen-bond acceptors (Lipinski definition) is 14. The number of ether oxygens (including phenoxy) is 7. The highest BCUT2D eigenvalue weighted by atomic mass is 16.7. The molecule has 2 aliphatic heterocycles. The molecule has 42 heavy (non-hydrogen) atoms. The van der Waals surface area contributed by atoms with Crippen LogP contribution in [0.15, 0.2) is 0 Å². The molecule has 0 spiro atoms. The van der Waals surface area contributed by atoms with Gasteiger partial charge in [0.15, 0.2) is 12.6 Å². The summed E-state index contributed by atoms with van der Waals surface area (Å²) in [4.78, 5) is 0. The lowest BCUT2D eigenvalue weighted by molar-refractivity contribution is -0.359. The zero-order valence-corrected chi connectivity index (χ0v) is 24.8. The molecule has 2 saturated heterocycles. The molecule has 250 valence electrons. The van der Waals surface area contributed by atoms with E-state index in [9.17, 15) is 35.7 Å². The summed E-state index contributed by atoms with van der Waals surface area (Å²) in [6, 6.07) is 0. The van der Waals surface area contributed by atoms with Gasteiger partial charge in [-0.05, 0) is 6.42 Å². The SMILES string of the molecule is CCCCCCCCCCOCCOCCOCCO[C@H]1O[C@H](CO)[C@@H](O[C@@H]2O[C@H](CO)[C@H](O)[C@H](O)[C@H]2O)[C@H](O)[C@H]1O. The van der Waals surface area contributed by atoms with E-state index in [1.165, 1.54) is 44.9 Å². The van der Waals surface area contributed by atoms with E-state index >= 15 is 0 Å². The zero-order valence-electron chi connectivity index (χ0n) is 24.8. The number of aliphatic hydroxyl groups excluding tert-OH is 7. The van der Waals surface area contributed by atoms with Gasteiger partial charge in [0.25, 0.3) is 0 Å². The minimum atomic E-state index is -1.73. The average Bonchev–Trinajstić information content (AvgIpc) is 2.99. The molecular weight excluding hydrogens is 560 g/mol. The monoisotopic (exact) mass is 614 g/mol. The third-order valence-electron chi connectivity index (χ3n) is 7.36. The third-order valence-corrected chi connectivity index (χ3v) is 7.36. The summed E-state index contributed by atoms with van der Waals surface area (Å²) in [5.74, 6) is 0. The van der Waals surface area contributed by atoms with Gasteiger partial charge in [-0.2, -0.15) is 0 Å². The topological polar surface area (TPSA) is 206 Å². The molecule has 7 N–H and O–H groups in total. The van der Waals surface area contributed by atoms with Gasteiger partial charge in [0, 0.05) is 6.61 Å². The lowest BCUT2D eigenvalue weighted by Crippen LogP contribution is -2.64. The maximum atomic E-state index is 10.6. The zero-order chi connectivity index (χ0) is 30.7. The second-order valence-corrected chi connectivity index (χ2v) is 10.7. The Labute approximate surface area is 248 Å². The van der Waals surface area contributed by atoms with Gasteiger partial charge in [0.1, 0.15) is 48.8 Å². The average molecular weight is 615 g/mol. The third kappa shape index (κ3) is 12.8. The molecule has 0 aliphatic carbocycles. The number of rotatable bonds is 23. The van der Waals surface area contributed by atoms with E-state index in [1.807, 2.05) is 0 Å². The van der Waals surface area contributed by atoms with Crippen LogP contribution in [0.1, 0.15) is 58.3 Å². The van der Waals surface area contributed by atoms with Crippen LogP contribution in [0.2, 0.25) is 0 Å². The van der Waals surface area contributed by atoms with Gasteiger partial charge < -0.3 is 68.9 Å². The van der Waals surface area contributed by atoms with Crippen molar-refractivity contribution in [2.75, 3.05) is 59.5 Å². The molecule has 2 fully saturated rings. The summed E-state index contributed by atoms with van der Waals surface area (Å²) in [7, 11) is 0. The molecule has 2 aliphatic rings. The number of hydrogen-bond donors (Lipinski definition) is 7.